The largest absolute Gasteiger partial charge is 0.479 e. The molecule has 32 heavy (non-hydrogen) atoms. The summed E-state index contributed by atoms with van der Waals surface area (Å²) in [5.41, 5.74) is 3.59. The zero-order valence-electron chi connectivity index (χ0n) is 18.2. The van der Waals surface area contributed by atoms with E-state index in [-0.39, 0.29) is 31.4 Å². The molecule has 7 nitrogen and oxygen atoms in total. The number of fused-ring (bicyclic) bond motifs is 3. The van der Waals surface area contributed by atoms with E-state index in [0.717, 1.165) is 17.5 Å². The second-order valence-electron chi connectivity index (χ2n) is 8.50. The second-order valence-corrected chi connectivity index (χ2v) is 8.50. The minimum atomic E-state index is -1.06. The van der Waals surface area contributed by atoms with Crippen LogP contribution in [-0.4, -0.2) is 53.7 Å². The number of hydrogen-bond acceptors (Lipinski definition) is 4. The summed E-state index contributed by atoms with van der Waals surface area (Å²) in [6, 6.07) is 16.3. The van der Waals surface area contributed by atoms with E-state index in [0.29, 0.717) is 19.3 Å². The number of amides is 2. The molecule has 0 unspecified atom stereocenters. The molecule has 0 radical (unpaired) electrons. The summed E-state index contributed by atoms with van der Waals surface area (Å²) < 4.78 is 5.48. The Balaban J connectivity index is 1.23. The maximum absolute atomic E-state index is 12.4. The molecule has 0 saturated heterocycles. The lowest BCUT2D eigenvalue weighted by molar-refractivity contribution is -0.164. The molecular weight excluding hydrogens is 408 g/mol. The van der Waals surface area contributed by atoms with Gasteiger partial charge in [-0.05, 0) is 47.9 Å². The van der Waals surface area contributed by atoms with E-state index in [1.165, 1.54) is 16.0 Å². The third-order valence-corrected chi connectivity index (χ3v) is 6.78. The van der Waals surface area contributed by atoms with Gasteiger partial charge >= 0.3 is 12.1 Å². The first-order valence-electron chi connectivity index (χ1n) is 11.0. The maximum atomic E-state index is 12.4. The minimum Gasteiger partial charge on any atom is -0.479 e. The summed E-state index contributed by atoms with van der Waals surface area (Å²) in [4.78, 5) is 37.5. The molecule has 2 aliphatic rings. The fourth-order valence-electron chi connectivity index (χ4n) is 4.69. The molecule has 2 amide bonds. The number of carboxylic acids is 1. The average molecular weight is 437 g/mol. The summed E-state index contributed by atoms with van der Waals surface area (Å²) in [7, 11) is 1.55. The molecule has 0 aromatic heterocycles. The van der Waals surface area contributed by atoms with Crippen LogP contribution in [0.4, 0.5) is 4.79 Å². The van der Waals surface area contributed by atoms with Crippen LogP contribution in [0.15, 0.2) is 48.5 Å². The van der Waals surface area contributed by atoms with Crippen LogP contribution >= 0.6 is 0 Å². The lowest BCUT2D eigenvalue weighted by Gasteiger charge is -2.44. The number of alkyl carbamates (subject to hydrolysis) is 1. The highest BCUT2D eigenvalue weighted by Gasteiger charge is 2.49. The number of nitrogens with zero attached hydrogens (tertiary/aromatic N) is 1. The van der Waals surface area contributed by atoms with Crippen LogP contribution in [0, 0.1) is 0 Å². The molecule has 0 aliphatic heterocycles. The van der Waals surface area contributed by atoms with Crippen LogP contribution in [-0.2, 0) is 14.3 Å². The number of benzene rings is 2. The monoisotopic (exact) mass is 436 g/mol. The topological polar surface area (TPSA) is 95.9 Å². The lowest BCUT2D eigenvalue weighted by Crippen LogP contribution is -2.59. The minimum absolute atomic E-state index is 0.00179. The third-order valence-electron chi connectivity index (χ3n) is 6.78. The van der Waals surface area contributed by atoms with Crippen molar-refractivity contribution in [1.82, 2.24) is 10.2 Å². The van der Waals surface area contributed by atoms with E-state index in [1.807, 2.05) is 24.3 Å². The molecule has 0 atom stereocenters. The van der Waals surface area contributed by atoms with Crippen LogP contribution in [0.2, 0.25) is 0 Å². The van der Waals surface area contributed by atoms with Crippen molar-refractivity contribution < 1.29 is 24.2 Å². The normalized spacial score (nSPS) is 15.8. The molecular formula is C25H28N2O5. The fraction of sp³-hybridized carbons (Fsp3) is 0.400. The van der Waals surface area contributed by atoms with Crippen molar-refractivity contribution in [2.75, 3.05) is 20.2 Å². The molecule has 0 bridgehead atoms. The Kier molecular flexibility index (Phi) is 6.17. The van der Waals surface area contributed by atoms with Crippen LogP contribution in [0.5, 0.6) is 0 Å². The first-order chi connectivity index (χ1) is 15.4. The van der Waals surface area contributed by atoms with Crippen LogP contribution in [0.3, 0.4) is 0 Å². The molecule has 2 N–H and O–H groups in total. The Labute approximate surface area is 187 Å². The molecule has 7 heteroatoms. The number of carbonyl (C=O) groups excluding carboxylic acids is 2. The third kappa shape index (κ3) is 3.95. The fourth-order valence-corrected chi connectivity index (χ4v) is 4.69. The number of nitrogens with one attached hydrogen (secondary N) is 1. The van der Waals surface area contributed by atoms with Gasteiger partial charge in [-0.3, -0.25) is 4.79 Å². The average Bonchev–Trinajstić information content (AvgIpc) is 3.08. The summed E-state index contributed by atoms with van der Waals surface area (Å²) in [5.74, 6) is -1.17. The highest BCUT2D eigenvalue weighted by Crippen LogP contribution is 2.44. The van der Waals surface area contributed by atoms with Crippen LogP contribution in [0.25, 0.3) is 11.1 Å². The quantitative estimate of drug-likeness (QED) is 0.614. The van der Waals surface area contributed by atoms with Gasteiger partial charge in [-0.25, -0.2) is 9.59 Å². The van der Waals surface area contributed by atoms with E-state index in [9.17, 15) is 19.5 Å². The van der Waals surface area contributed by atoms with Crippen molar-refractivity contribution >= 4 is 18.0 Å². The summed E-state index contributed by atoms with van der Waals surface area (Å²) in [6.07, 6.45) is 1.87. The molecule has 2 aromatic rings. The molecule has 1 saturated carbocycles. The first kappa shape index (κ1) is 21.9. The predicted molar refractivity (Wildman–Crippen MR) is 119 cm³/mol. The van der Waals surface area contributed by atoms with Crippen molar-refractivity contribution in [1.29, 1.82) is 0 Å². The number of rotatable bonds is 8. The molecule has 2 aliphatic carbocycles. The van der Waals surface area contributed by atoms with Gasteiger partial charge in [0.2, 0.25) is 5.91 Å². The van der Waals surface area contributed by atoms with Crippen molar-refractivity contribution in [2.45, 2.75) is 43.6 Å². The number of carbonyl (C=O) groups is 3. The summed E-state index contributed by atoms with van der Waals surface area (Å²) in [6.45, 7) is 0.527. The number of ether oxygens (including phenoxy) is 1. The maximum Gasteiger partial charge on any atom is 0.407 e. The Hall–Kier alpha value is -3.35. The van der Waals surface area contributed by atoms with Gasteiger partial charge < -0.3 is 20.1 Å². The van der Waals surface area contributed by atoms with Gasteiger partial charge in [0.1, 0.15) is 12.1 Å². The number of aliphatic carboxylic acids is 1. The van der Waals surface area contributed by atoms with E-state index in [2.05, 4.69) is 29.6 Å². The Morgan fingerprint density at radius 1 is 1.06 bits per heavy atom. The van der Waals surface area contributed by atoms with Crippen molar-refractivity contribution in [3.05, 3.63) is 59.7 Å². The molecule has 2 aromatic carbocycles. The molecule has 1 fully saturated rings. The summed E-state index contributed by atoms with van der Waals surface area (Å²) in [5, 5.41) is 12.1. The first-order valence-corrected chi connectivity index (χ1v) is 11.0. The highest BCUT2D eigenvalue weighted by molar-refractivity contribution is 5.87. The van der Waals surface area contributed by atoms with Gasteiger partial charge in [0.15, 0.2) is 0 Å². The van der Waals surface area contributed by atoms with E-state index < -0.39 is 17.6 Å². The SMILES string of the molecule is CN(C(=O)CCCNC(=O)OCC1c2ccccc2-c2ccccc21)C1(C(=O)O)CCC1. The van der Waals surface area contributed by atoms with Gasteiger partial charge in [0, 0.05) is 25.9 Å². The summed E-state index contributed by atoms with van der Waals surface area (Å²) >= 11 is 0. The Morgan fingerprint density at radius 3 is 2.19 bits per heavy atom. The lowest BCUT2D eigenvalue weighted by atomic mass is 9.75. The van der Waals surface area contributed by atoms with E-state index >= 15 is 0 Å². The number of likely N-dealkylation sites (N-methyl/N-ethyl adjacent to an activating group) is 1. The molecule has 4 rings (SSSR count). The zero-order chi connectivity index (χ0) is 22.7. The smallest absolute Gasteiger partial charge is 0.407 e. The molecule has 0 heterocycles. The van der Waals surface area contributed by atoms with Crippen LogP contribution in [0.1, 0.15) is 49.1 Å². The number of carboxylic acid groups (broad SMARTS) is 1. The highest BCUT2D eigenvalue weighted by atomic mass is 16.5. The molecule has 0 spiro atoms. The van der Waals surface area contributed by atoms with Gasteiger partial charge in [-0.15, -0.1) is 0 Å². The standard InChI is InChI=1S/C25H28N2O5/c1-27(25(23(29)30)13-7-14-25)22(28)12-6-15-26-24(31)32-16-21-19-10-4-2-8-17(19)18-9-3-5-11-20(18)21/h2-5,8-11,21H,6-7,12-16H2,1H3,(H,26,31)(H,29,30). The molecule has 168 valence electrons. The van der Waals surface area contributed by atoms with Gasteiger partial charge in [0.25, 0.3) is 0 Å². The van der Waals surface area contributed by atoms with E-state index in [1.54, 1.807) is 7.05 Å². The van der Waals surface area contributed by atoms with Crippen molar-refractivity contribution in [2.24, 2.45) is 0 Å². The Morgan fingerprint density at radius 2 is 1.66 bits per heavy atom. The second kappa shape index (κ2) is 9.02. The predicted octanol–water partition coefficient (Wildman–Crippen LogP) is 3.77. The van der Waals surface area contributed by atoms with Gasteiger partial charge in [-0.1, -0.05) is 48.5 Å². The van der Waals surface area contributed by atoms with Crippen LogP contribution < -0.4 is 5.32 Å². The Bertz CT molecular complexity index is 985. The van der Waals surface area contributed by atoms with E-state index in [4.69, 9.17) is 4.74 Å². The van der Waals surface area contributed by atoms with Gasteiger partial charge in [0.05, 0.1) is 0 Å². The van der Waals surface area contributed by atoms with Crippen molar-refractivity contribution in [3.8, 4) is 11.1 Å². The van der Waals surface area contributed by atoms with Gasteiger partial charge in [-0.2, -0.15) is 0 Å². The number of hydrogen-bond donors (Lipinski definition) is 2. The zero-order valence-corrected chi connectivity index (χ0v) is 18.2. The van der Waals surface area contributed by atoms with Crippen molar-refractivity contribution in [3.63, 3.8) is 0 Å².